The van der Waals surface area contributed by atoms with Gasteiger partial charge in [0.1, 0.15) is 11.7 Å². The molecule has 0 saturated carbocycles. The van der Waals surface area contributed by atoms with Crippen LogP contribution in [0.15, 0.2) is 67.0 Å². The summed E-state index contributed by atoms with van der Waals surface area (Å²) in [5, 5.41) is 4.54. The van der Waals surface area contributed by atoms with Gasteiger partial charge >= 0.3 is 0 Å². The molecule has 1 aliphatic carbocycles. The van der Waals surface area contributed by atoms with Gasteiger partial charge in [-0.05, 0) is 91.6 Å². The second kappa shape index (κ2) is 19.9. The molecule has 4 N–H and O–H groups in total. The highest BCUT2D eigenvalue weighted by Crippen LogP contribution is 2.40. The highest BCUT2D eigenvalue weighted by atomic mass is 35.5. The van der Waals surface area contributed by atoms with E-state index in [1.54, 1.807) is 6.07 Å². The summed E-state index contributed by atoms with van der Waals surface area (Å²) in [4.78, 5) is 21.7. The van der Waals surface area contributed by atoms with Gasteiger partial charge in [0.05, 0.1) is 26.8 Å². The smallest absolute Gasteiger partial charge is 0.204 e. The van der Waals surface area contributed by atoms with Crippen molar-refractivity contribution in [1.82, 2.24) is 20.3 Å². The van der Waals surface area contributed by atoms with Gasteiger partial charge in [0.15, 0.2) is 0 Å². The van der Waals surface area contributed by atoms with Crippen LogP contribution in [0.4, 0.5) is 4.39 Å². The van der Waals surface area contributed by atoms with Crippen molar-refractivity contribution in [3.63, 3.8) is 0 Å². The van der Waals surface area contributed by atoms with Crippen molar-refractivity contribution in [2.75, 3.05) is 6.54 Å². The lowest BCUT2D eigenvalue weighted by Gasteiger charge is -2.29. The Bertz CT molecular complexity index is 1780. The topological polar surface area (TPSA) is 96.7 Å². The van der Waals surface area contributed by atoms with E-state index in [0.717, 1.165) is 62.6 Å². The number of pyridine rings is 1. The summed E-state index contributed by atoms with van der Waals surface area (Å²) in [7, 11) is 0. The molecule has 3 atom stereocenters. The van der Waals surface area contributed by atoms with E-state index in [0.29, 0.717) is 28.9 Å². The second-order valence-corrected chi connectivity index (χ2v) is 12.3. The minimum Gasteiger partial charge on any atom is -0.384 e. The zero-order valence-electron chi connectivity index (χ0n) is 30.3. The number of allylic oxidation sites excluding steroid dienone is 4. The number of amides is 1. The predicted octanol–water partition coefficient (Wildman–Crippen LogP) is 11.3. The molecule has 2 aromatic heterocycles. The lowest BCUT2D eigenvalue weighted by molar-refractivity contribution is -0.106. The maximum atomic E-state index is 14.6. The number of halogens is 3. The molecule has 0 fully saturated rings. The Morgan fingerprint density at radius 1 is 1.14 bits per heavy atom. The van der Waals surface area contributed by atoms with Crippen molar-refractivity contribution in [3.8, 4) is 11.3 Å². The Kier molecular flexibility index (Phi) is 16.8. The molecule has 0 saturated heterocycles. The minimum absolute atomic E-state index is 0.0857. The number of benzene rings is 2. The Morgan fingerprint density at radius 3 is 2.45 bits per heavy atom. The number of carbonyl (C=O) groups excluding carboxylic acids is 1. The van der Waals surface area contributed by atoms with Crippen LogP contribution in [-0.4, -0.2) is 27.9 Å². The number of carbonyl (C=O) groups is 1. The fourth-order valence-electron chi connectivity index (χ4n) is 5.86. The largest absolute Gasteiger partial charge is 0.384 e. The Balaban J connectivity index is 0.00000111. The van der Waals surface area contributed by atoms with Gasteiger partial charge < -0.3 is 16.0 Å². The molecule has 0 radical (unpaired) electrons. The first-order valence-corrected chi connectivity index (χ1v) is 17.8. The third-order valence-corrected chi connectivity index (χ3v) is 9.24. The molecular formula is C40H52Cl2FN5O. The van der Waals surface area contributed by atoms with E-state index in [9.17, 15) is 4.39 Å². The van der Waals surface area contributed by atoms with Gasteiger partial charge in [0, 0.05) is 35.8 Å². The molecule has 4 aromatic rings. The zero-order chi connectivity index (χ0) is 36.8. The molecule has 5 rings (SSSR count). The predicted molar refractivity (Wildman–Crippen MR) is 208 cm³/mol. The first kappa shape index (κ1) is 41.2. The third kappa shape index (κ3) is 10.3. The summed E-state index contributed by atoms with van der Waals surface area (Å²) in [5.41, 5.74) is 13.8. The molecule has 49 heavy (non-hydrogen) atoms. The summed E-state index contributed by atoms with van der Waals surface area (Å²) >= 11 is 13.2. The standard InChI is InChI=1S/C35H37Cl2FN4.2C2H6.CH3NO/c1-7-19(2)28-17-31(42-35(21(28)4)27-12-9-13-30(36)33(27)37)29(24-10-8-11-26(38)15-24)18-39-22(5)25-14-20(3)34-32(16-25)40-23(6)41-34;2*1-2;2-1-3/h8-14,16-17,19,24,29,39H,5,7,15,18H2,1-4,6H3,(H,40,41);2*1-2H3;1H,(H2,2,3). The zero-order valence-corrected chi connectivity index (χ0v) is 31.9. The molecule has 9 heteroatoms. The first-order chi connectivity index (χ1) is 23.5. The van der Waals surface area contributed by atoms with Crippen LogP contribution in [-0.2, 0) is 4.79 Å². The van der Waals surface area contributed by atoms with Crippen LogP contribution in [0.3, 0.4) is 0 Å². The van der Waals surface area contributed by atoms with Crippen molar-refractivity contribution in [2.24, 2.45) is 11.7 Å². The number of nitrogens with two attached hydrogens (primary N) is 1. The van der Waals surface area contributed by atoms with Gasteiger partial charge in [0.25, 0.3) is 0 Å². The van der Waals surface area contributed by atoms with Gasteiger partial charge in [-0.3, -0.25) is 9.78 Å². The van der Waals surface area contributed by atoms with Crippen LogP contribution >= 0.6 is 23.2 Å². The van der Waals surface area contributed by atoms with Crippen LogP contribution < -0.4 is 11.1 Å². The number of hydrogen-bond donors (Lipinski definition) is 3. The lowest BCUT2D eigenvalue weighted by atomic mass is 9.81. The van der Waals surface area contributed by atoms with Crippen molar-refractivity contribution >= 4 is 46.3 Å². The number of H-pyrrole nitrogens is 1. The maximum Gasteiger partial charge on any atom is 0.204 e. The SMILES string of the molecule is C=C(NCC(c1cc(C(C)CC)c(C)c(-c2cccc(Cl)c2Cl)n1)C1C=CC=C(F)C1)c1cc(C)c2nc(C)[nH]c2c1.CC.CC.NC=O. The van der Waals surface area contributed by atoms with Crippen LogP contribution in [0.25, 0.3) is 28.0 Å². The molecule has 3 unspecified atom stereocenters. The van der Waals surface area contributed by atoms with Crippen molar-refractivity contribution in [2.45, 2.75) is 87.0 Å². The summed E-state index contributed by atoms with van der Waals surface area (Å²) in [6.45, 7) is 23.4. The molecule has 264 valence electrons. The third-order valence-electron chi connectivity index (χ3n) is 8.42. The summed E-state index contributed by atoms with van der Waals surface area (Å²) in [6.07, 6.45) is 6.96. The molecule has 1 aliphatic rings. The number of fused-ring (bicyclic) bond motifs is 1. The quantitative estimate of drug-likeness (QED) is 0.151. The summed E-state index contributed by atoms with van der Waals surface area (Å²) in [5.74, 6) is 0.836. The second-order valence-electron chi connectivity index (χ2n) is 11.5. The van der Waals surface area contributed by atoms with Crippen LogP contribution in [0.2, 0.25) is 10.0 Å². The van der Waals surface area contributed by atoms with Crippen LogP contribution in [0.1, 0.15) is 100.0 Å². The number of rotatable bonds is 9. The molecule has 2 aromatic carbocycles. The van der Waals surface area contributed by atoms with Gasteiger partial charge in [-0.2, -0.15) is 0 Å². The molecule has 0 bridgehead atoms. The fraction of sp³-hybridized carbons (Fsp3) is 0.375. The molecule has 2 heterocycles. The van der Waals surface area contributed by atoms with Gasteiger partial charge in [-0.1, -0.05) is 95.6 Å². The number of hydrogen-bond acceptors (Lipinski definition) is 4. The first-order valence-electron chi connectivity index (χ1n) is 17.0. The average Bonchev–Trinajstić information content (AvgIpc) is 3.49. The van der Waals surface area contributed by atoms with E-state index in [1.165, 1.54) is 11.6 Å². The fourth-order valence-corrected chi connectivity index (χ4v) is 6.25. The van der Waals surface area contributed by atoms with Gasteiger partial charge in [-0.25, -0.2) is 9.37 Å². The number of aryl methyl sites for hydroxylation is 2. The number of nitrogens with one attached hydrogen (secondary N) is 2. The van der Waals surface area contributed by atoms with E-state index >= 15 is 0 Å². The van der Waals surface area contributed by atoms with Crippen LogP contribution in [0.5, 0.6) is 0 Å². The van der Waals surface area contributed by atoms with Crippen LogP contribution in [0, 0.1) is 26.7 Å². The lowest BCUT2D eigenvalue weighted by Crippen LogP contribution is -2.27. The normalized spacial score (nSPS) is 14.5. The number of imidazole rings is 1. The number of aromatic amines is 1. The van der Waals surface area contributed by atoms with E-state index in [2.05, 4.69) is 79.6 Å². The van der Waals surface area contributed by atoms with E-state index < -0.39 is 0 Å². The average molecular weight is 709 g/mol. The van der Waals surface area contributed by atoms with Crippen molar-refractivity contribution in [3.05, 3.63) is 111 Å². The Labute approximate surface area is 302 Å². The monoisotopic (exact) mass is 707 g/mol. The number of nitrogens with zero attached hydrogens (tertiary/aromatic N) is 2. The Morgan fingerprint density at radius 2 is 1.82 bits per heavy atom. The summed E-state index contributed by atoms with van der Waals surface area (Å²) < 4.78 is 14.6. The van der Waals surface area contributed by atoms with Crippen molar-refractivity contribution in [1.29, 1.82) is 0 Å². The molecule has 0 spiro atoms. The van der Waals surface area contributed by atoms with Gasteiger partial charge in [-0.15, -0.1) is 0 Å². The maximum absolute atomic E-state index is 14.6. The number of aromatic nitrogens is 3. The Hall–Kier alpha value is -3.94. The number of primary amides is 1. The van der Waals surface area contributed by atoms with E-state index in [4.69, 9.17) is 33.0 Å². The highest BCUT2D eigenvalue weighted by Gasteiger charge is 2.28. The van der Waals surface area contributed by atoms with E-state index in [1.807, 2.05) is 52.8 Å². The van der Waals surface area contributed by atoms with Crippen molar-refractivity contribution < 1.29 is 9.18 Å². The molecule has 0 aliphatic heterocycles. The molecule has 1 amide bonds. The minimum atomic E-state index is -0.130. The summed E-state index contributed by atoms with van der Waals surface area (Å²) in [6, 6.07) is 12.0. The molecule has 6 nitrogen and oxygen atoms in total. The highest BCUT2D eigenvalue weighted by molar-refractivity contribution is 6.43. The van der Waals surface area contributed by atoms with Gasteiger partial charge in [0.2, 0.25) is 6.41 Å². The van der Waals surface area contributed by atoms with E-state index in [-0.39, 0.29) is 24.1 Å². The molecular weight excluding hydrogens is 656 g/mol.